The molecule has 0 saturated carbocycles. The summed E-state index contributed by atoms with van der Waals surface area (Å²) in [7, 11) is 2.12. The van der Waals surface area contributed by atoms with Gasteiger partial charge in [0.2, 0.25) is 5.69 Å². The summed E-state index contributed by atoms with van der Waals surface area (Å²) in [4.78, 5) is 12.3. The van der Waals surface area contributed by atoms with Crippen LogP contribution in [-0.4, -0.2) is 23.3 Å². The second-order valence-electron chi connectivity index (χ2n) is 8.44. The van der Waals surface area contributed by atoms with Crippen LogP contribution >= 0.6 is 11.3 Å². The summed E-state index contributed by atoms with van der Waals surface area (Å²) in [5.74, 6) is -1.13. The van der Waals surface area contributed by atoms with Crippen molar-refractivity contribution < 1.29 is 14.5 Å². The van der Waals surface area contributed by atoms with Crippen LogP contribution in [0.1, 0.15) is 32.6 Å². The first kappa shape index (κ1) is 20.4. The van der Waals surface area contributed by atoms with E-state index in [1.54, 1.807) is 6.07 Å². The van der Waals surface area contributed by atoms with Crippen molar-refractivity contribution in [1.29, 1.82) is 0 Å². The molecule has 0 radical (unpaired) electrons. The van der Waals surface area contributed by atoms with Crippen molar-refractivity contribution >= 4 is 45.6 Å². The molecule has 0 fully saturated rings. The van der Waals surface area contributed by atoms with Crippen molar-refractivity contribution in [2.24, 2.45) is 0 Å². The minimum absolute atomic E-state index is 0.239. The highest BCUT2D eigenvalue weighted by Crippen LogP contribution is 2.45. The molecule has 0 bridgehead atoms. The van der Waals surface area contributed by atoms with Gasteiger partial charge in [0.05, 0.1) is 16.3 Å². The van der Waals surface area contributed by atoms with E-state index in [1.165, 1.54) is 44.6 Å². The van der Waals surface area contributed by atoms with Crippen molar-refractivity contribution in [1.82, 2.24) is 0 Å². The molecule has 1 unspecified atom stereocenters. The first-order valence-corrected chi connectivity index (χ1v) is 11.5. The van der Waals surface area contributed by atoms with E-state index in [0.29, 0.717) is 0 Å². The van der Waals surface area contributed by atoms with Gasteiger partial charge in [-0.25, -0.2) is 0 Å². The number of allylic oxidation sites excluding steroid dienone is 1. The number of fused-ring (bicyclic) bond motifs is 3. The largest absolute Gasteiger partial charge is 0.544 e. The Morgan fingerprint density at radius 2 is 1.72 bits per heavy atom. The van der Waals surface area contributed by atoms with E-state index in [-0.39, 0.29) is 10.3 Å². The zero-order chi connectivity index (χ0) is 22.3. The van der Waals surface area contributed by atoms with Gasteiger partial charge >= 0.3 is 0 Å². The molecule has 4 heteroatoms. The molecular weight excluding hydrogens is 414 g/mol. The molecule has 32 heavy (non-hydrogen) atoms. The highest BCUT2D eigenvalue weighted by Gasteiger charge is 2.47. The number of rotatable bonds is 5. The Morgan fingerprint density at radius 1 is 0.969 bits per heavy atom. The van der Waals surface area contributed by atoms with Crippen LogP contribution in [0.3, 0.4) is 0 Å². The molecule has 5 rings (SSSR count). The minimum Gasteiger partial charge on any atom is -0.544 e. The van der Waals surface area contributed by atoms with Crippen molar-refractivity contribution in [3.8, 4) is 0 Å². The van der Waals surface area contributed by atoms with Gasteiger partial charge in [-0.05, 0) is 54.0 Å². The number of carboxylic acids is 1. The fraction of sp³-hybridized carbons (Fsp3) is 0.143. The Labute approximate surface area is 191 Å². The van der Waals surface area contributed by atoms with Gasteiger partial charge in [-0.15, -0.1) is 11.3 Å². The number of carbonyl (C=O) groups is 1. The van der Waals surface area contributed by atoms with E-state index >= 15 is 0 Å². The summed E-state index contributed by atoms with van der Waals surface area (Å²) in [5.41, 5.74) is 4.78. The third-order valence-electron chi connectivity index (χ3n) is 6.38. The molecular formula is C28H23NO2S. The van der Waals surface area contributed by atoms with Gasteiger partial charge in [-0.1, -0.05) is 54.6 Å². The van der Waals surface area contributed by atoms with Gasteiger partial charge in [-0.3, -0.25) is 0 Å². The summed E-state index contributed by atoms with van der Waals surface area (Å²) < 4.78 is 2.27. The predicted octanol–water partition coefficient (Wildman–Crippen LogP) is 5.21. The Bertz CT molecular complexity index is 1400. The molecule has 0 aliphatic carbocycles. The van der Waals surface area contributed by atoms with Crippen LogP contribution in [0.4, 0.5) is 5.69 Å². The van der Waals surface area contributed by atoms with Crippen molar-refractivity contribution in [2.75, 3.05) is 7.05 Å². The molecule has 1 aliphatic heterocycles. The van der Waals surface area contributed by atoms with E-state index in [0.717, 1.165) is 11.3 Å². The number of carboxylic acid groups (broad SMARTS) is 1. The standard InChI is InChI=1S/C28H23NO2S/c1-28(18-19-8-4-3-5-9-19)25(17-14-21-13-16-24(32-21)27(30)31)29(2)23-15-12-20-10-6-7-11-22(20)26(23)28/h3-17H,18H2,1-2H3/b17-14+. The molecule has 3 aromatic carbocycles. The van der Waals surface area contributed by atoms with Crippen molar-refractivity contribution in [2.45, 2.75) is 18.8 Å². The lowest BCUT2D eigenvalue weighted by Crippen LogP contribution is -2.33. The number of hydrogen-bond acceptors (Lipinski definition) is 3. The second-order valence-corrected chi connectivity index (χ2v) is 9.56. The molecule has 2 heterocycles. The number of carbonyl (C=O) groups excluding carboxylic acids is 1. The Hall–Kier alpha value is -3.50. The van der Waals surface area contributed by atoms with E-state index in [2.05, 4.69) is 85.3 Å². The highest BCUT2D eigenvalue weighted by molar-refractivity contribution is 7.14. The third-order valence-corrected chi connectivity index (χ3v) is 7.41. The fourth-order valence-corrected chi connectivity index (χ4v) is 5.68. The van der Waals surface area contributed by atoms with Crippen LogP contribution in [-0.2, 0) is 11.8 Å². The van der Waals surface area contributed by atoms with Crippen LogP contribution in [0.2, 0.25) is 0 Å². The maximum absolute atomic E-state index is 11.2. The summed E-state index contributed by atoms with van der Waals surface area (Å²) >= 11 is 1.24. The van der Waals surface area contributed by atoms with Crippen LogP contribution < -0.4 is 5.11 Å². The van der Waals surface area contributed by atoms with Crippen LogP contribution in [0.5, 0.6) is 0 Å². The lowest BCUT2D eigenvalue weighted by atomic mass is 9.73. The molecule has 3 nitrogen and oxygen atoms in total. The number of hydrogen-bond donors (Lipinski definition) is 0. The van der Waals surface area contributed by atoms with Crippen molar-refractivity contribution in [3.05, 3.63) is 106 Å². The molecule has 1 aromatic heterocycles. The van der Waals surface area contributed by atoms with Crippen molar-refractivity contribution in [3.63, 3.8) is 0 Å². The molecule has 0 saturated heterocycles. The number of aromatic carboxylic acids is 1. The predicted molar refractivity (Wildman–Crippen MR) is 130 cm³/mol. The topological polar surface area (TPSA) is 43.1 Å². The van der Waals surface area contributed by atoms with Crippen LogP contribution in [0, 0.1) is 0 Å². The summed E-state index contributed by atoms with van der Waals surface area (Å²) in [5, 5.41) is 13.7. The van der Waals surface area contributed by atoms with Gasteiger partial charge in [0.1, 0.15) is 7.05 Å². The van der Waals surface area contributed by atoms with Crippen LogP contribution in [0.15, 0.2) is 84.9 Å². The molecule has 0 spiro atoms. The maximum atomic E-state index is 11.2. The van der Waals surface area contributed by atoms with Gasteiger partial charge in [0.25, 0.3) is 0 Å². The number of nitrogens with zero attached hydrogens (tertiary/aromatic N) is 1. The molecule has 0 amide bonds. The smallest absolute Gasteiger partial charge is 0.210 e. The SMILES string of the molecule is C[N+]1=C(/C=C/c2ccc(C(=O)[O-])s2)C(C)(Cc2ccccc2)c2c1ccc1ccccc21. The molecule has 4 aromatic rings. The average Bonchev–Trinajstić information content (AvgIpc) is 3.35. The fourth-order valence-electron chi connectivity index (χ4n) is 4.94. The lowest BCUT2D eigenvalue weighted by molar-refractivity contribution is -0.401. The van der Waals surface area contributed by atoms with E-state index in [4.69, 9.17) is 0 Å². The maximum Gasteiger partial charge on any atom is 0.210 e. The summed E-state index contributed by atoms with van der Waals surface area (Å²) in [6.07, 6.45) is 5.02. The monoisotopic (exact) mass is 437 g/mol. The lowest BCUT2D eigenvalue weighted by Gasteiger charge is -2.24. The number of thiophene rings is 1. The summed E-state index contributed by atoms with van der Waals surface area (Å²) in [6.45, 7) is 2.31. The van der Waals surface area contributed by atoms with E-state index in [1.807, 2.05) is 18.2 Å². The van der Waals surface area contributed by atoms with Gasteiger partial charge in [0, 0.05) is 22.6 Å². The van der Waals surface area contributed by atoms with Gasteiger partial charge in [-0.2, -0.15) is 4.58 Å². The first-order valence-electron chi connectivity index (χ1n) is 10.6. The second kappa shape index (κ2) is 7.88. The zero-order valence-electron chi connectivity index (χ0n) is 18.0. The first-order chi connectivity index (χ1) is 15.5. The quantitative estimate of drug-likeness (QED) is 0.403. The average molecular weight is 438 g/mol. The van der Waals surface area contributed by atoms with Gasteiger partial charge < -0.3 is 9.90 Å². The van der Waals surface area contributed by atoms with Gasteiger partial charge in [0.15, 0.2) is 5.71 Å². The number of benzene rings is 3. The molecule has 1 atom stereocenters. The van der Waals surface area contributed by atoms with E-state index < -0.39 is 5.97 Å². The zero-order valence-corrected chi connectivity index (χ0v) is 18.9. The minimum atomic E-state index is -1.13. The molecule has 1 aliphatic rings. The highest BCUT2D eigenvalue weighted by atomic mass is 32.1. The Kier molecular flexibility index (Phi) is 5.03. The Balaban J connectivity index is 1.66. The molecule has 158 valence electrons. The third kappa shape index (κ3) is 3.37. The summed E-state index contributed by atoms with van der Waals surface area (Å²) in [6, 6.07) is 27.0. The Morgan fingerprint density at radius 3 is 2.47 bits per heavy atom. The molecule has 0 N–H and O–H groups in total. The van der Waals surface area contributed by atoms with E-state index in [9.17, 15) is 9.90 Å². The normalized spacial score (nSPS) is 17.9. The van der Waals surface area contributed by atoms with Crippen LogP contribution in [0.25, 0.3) is 16.8 Å².